The first-order valence-electron chi connectivity index (χ1n) is 10.8. The standard InChI is InChI=1S/C23H31N3O2/c1-16(2)17-7-9-19(10-8-17)23-24-21(28-25-23)11-12-22(27)26-14-13-18-5-3-4-6-20(18)15-26/h7-10,16,18,20H,3-6,11-15H2,1-2H3/t18-,20-/m0/s1. The van der Waals surface area contributed by atoms with E-state index in [0.29, 0.717) is 30.5 Å². The van der Waals surface area contributed by atoms with Gasteiger partial charge in [-0.1, -0.05) is 62.5 Å². The van der Waals surface area contributed by atoms with E-state index >= 15 is 0 Å². The number of nitrogens with zero attached hydrogens (tertiary/aromatic N) is 3. The highest BCUT2D eigenvalue weighted by molar-refractivity contribution is 5.76. The highest BCUT2D eigenvalue weighted by atomic mass is 16.5. The zero-order valence-corrected chi connectivity index (χ0v) is 17.1. The maximum Gasteiger partial charge on any atom is 0.227 e. The number of hydrogen-bond acceptors (Lipinski definition) is 4. The Morgan fingerprint density at radius 1 is 1.14 bits per heavy atom. The summed E-state index contributed by atoms with van der Waals surface area (Å²) in [5, 5.41) is 4.09. The van der Waals surface area contributed by atoms with Crippen LogP contribution in [-0.4, -0.2) is 34.0 Å². The first-order valence-corrected chi connectivity index (χ1v) is 10.8. The Kier molecular flexibility index (Phi) is 5.79. The summed E-state index contributed by atoms with van der Waals surface area (Å²) < 4.78 is 5.39. The lowest BCUT2D eigenvalue weighted by atomic mass is 9.75. The second-order valence-corrected chi connectivity index (χ2v) is 8.72. The summed E-state index contributed by atoms with van der Waals surface area (Å²) in [6.45, 7) is 6.21. The van der Waals surface area contributed by atoms with Crippen molar-refractivity contribution in [1.82, 2.24) is 15.0 Å². The fourth-order valence-electron chi connectivity index (χ4n) is 4.69. The Morgan fingerprint density at radius 3 is 2.64 bits per heavy atom. The van der Waals surface area contributed by atoms with Crippen LogP contribution in [-0.2, 0) is 11.2 Å². The number of benzene rings is 1. The summed E-state index contributed by atoms with van der Waals surface area (Å²) in [6.07, 6.45) is 7.48. The fourth-order valence-corrected chi connectivity index (χ4v) is 4.69. The van der Waals surface area contributed by atoms with Crippen molar-refractivity contribution in [2.75, 3.05) is 13.1 Å². The number of aryl methyl sites for hydroxylation is 1. The number of rotatable bonds is 5. The molecule has 2 fully saturated rings. The second-order valence-electron chi connectivity index (χ2n) is 8.72. The number of hydrogen-bond donors (Lipinski definition) is 0. The molecule has 1 aromatic heterocycles. The van der Waals surface area contributed by atoms with Gasteiger partial charge in [0.2, 0.25) is 17.6 Å². The molecule has 1 aliphatic carbocycles. The molecule has 0 spiro atoms. The molecule has 150 valence electrons. The average molecular weight is 382 g/mol. The van der Waals surface area contributed by atoms with Crippen LogP contribution in [0.15, 0.2) is 28.8 Å². The van der Waals surface area contributed by atoms with Crippen LogP contribution in [0.25, 0.3) is 11.4 Å². The molecular formula is C23H31N3O2. The smallest absolute Gasteiger partial charge is 0.227 e. The van der Waals surface area contributed by atoms with Crippen LogP contribution in [0.1, 0.15) is 69.7 Å². The molecule has 5 nitrogen and oxygen atoms in total. The summed E-state index contributed by atoms with van der Waals surface area (Å²) in [6, 6.07) is 8.27. The van der Waals surface area contributed by atoms with Crippen LogP contribution < -0.4 is 0 Å². The van der Waals surface area contributed by atoms with Gasteiger partial charge in [-0.25, -0.2) is 0 Å². The molecule has 28 heavy (non-hydrogen) atoms. The topological polar surface area (TPSA) is 59.2 Å². The van der Waals surface area contributed by atoms with Gasteiger partial charge in [-0.2, -0.15) is 4.98 Å². The molecular weight excluding hydrogens is 350 g/mol. The lowest BCUT2D eigenvalue weighted by Crippen LogP contribution is -2.44. The molecule has 1 aromatic carbocycles. The van der Waals surface area contributed by atoms with Crippen LogP contribution >= 0.6 is 0 Å². The highest BCUT2D eigenvalue weighted by Gasteiger charge is 2.32. The first kappa shape index (κ1) is 19.2. The molecule has 0 N–H and O–H groups in total. The van der Waals surface area contributed by atoms with E-state index in [4.69, 9.17) is 4.52 Å². The van der Waals surface area contributed by atoms with E-state index in [2.05, 4.69) is 41.0 Å². The molecule has 1 aliphatic heterocycles. The average Bonchev–Trinajstić information content (AvgIpc) is 3.21. The van der Waals surface area contributed by atoms with Crippen molar-refractivity contribution >= 4 is 5.91 Å². The van der Waals surface area contributed by atoms with E-state index in [9.17, 15) is 4.79 Å². The van der Waals surface area contributed by atoms with Gasteiger partial charge in [0, 0.05) is 31.5 Å². The molecule has 1 saturated heterocycles. The van der Waals surface area contributed by atoms with Gasteiger partial charge >= 0.3 is 0 Å². The van der Waals surface area contributed by atoms with Gasteiger partial charge in [0.1, 0.15) is 0 Å². The Bertz CT molecular complexity index is 796. The summed E-state index contributed by atoms with van der Waals surface area (Å²) in [5.74, 6) is 3.43. The zero-order chi connectivity index (χ0) is 19.5. The second kappa shape index (κ2) is 8.46. The highest BCUT2D eigenvalue weighted by Crippen LogP contribution is 2.36. The molecule has 0 radical (unpaired) electrons. The lowest BCUT2D eigenvalue weighted by molar-refractivity contribution is -0.134. The molecule has 5 heteroatoms. The third kappa shape index (κ3) is 4.29. The molecule has 2 heterocycles. The normalized spacial score (nSPS) is 22.3. The number of likely N-dealkylation sites (tertiary alicyclic amines) is 1. The van der Waals surface area contributed by atoms with Gasteiger partial charge in [0.15, 0.2) is 0 Å². The molecule has 0 bridgehead atoms. The minimum absolute atomic E-state index is 0.227. The fraction of sp³-hybridized carbons (Fsp3) is 0.609. The molecule has 2 atom stereocenters. The van der Waals surface area contributed by atoms with Crippen LogP contribution in [0, 0.1) is 11.8 Å². The lowest BCUT2D eigenvalue weighted by Gasteiger charge is -2.41. The van der Waals surface area contributed by atoms with E-state index in [1.165, 1.54) is 37.7 Å². The zero-order valence-electron chi connectivity index (χ0n) is 17.1. The number of piperidine rings is 1. The number of fused-ring (bicyclic) bond motifs is 1. The molecule has 0 unspecified atom stereocenters. The quantitative estimate of drug-likeness (QED) is 0.744. The first-order chi connectivity index (χ1) is 13.6. The van der Waals surface area contributed by atoms with Gasteiger partial charge in [-0.3, -0.25) is 4.79 Å². The van der Waals surface area contributed by atoms with Crippen molar-refractivity contribution in [3.63, 3.8) is 0 Å². The summed E-state index contributed by atoms with van der Waals surface area (Å²) in [5.41, 5.74) is 2.24. The third-order valence-electron chi connectivity index (χ3n) is 6.50. The molecule has 1 saturated carbocycles. The predicted molar refractivity (Wildman–Crippen MR) is 109 cm³/mol. The van der Waals surface area contributed by atoms with Crippen LogP contribution in [0.5, 0.6) is 0 Å². The molecule has 4 rings (SSSR count). The number of aromatic nitrogens is 2. The number of amides is 1. The Labute approximate surface area is 167 Å². The monoisotopic (exact) mass is 381 g/mol. The van der Waals surface area contributed by atoms with Crippen LogP contribution in [0.3, 0.4) is 0 Å². The Balaban J connectivity index is 1.31. The predicted octanol–water partition coefficient (Wildman–Crippen LogP) is 4.83. The Morgan fingerprint density at radius 2 is 1.89 bits per heavy atom. The van der Waals surface area contributed by atoms with Gasteiger partial charge in [-0.15, -0.1) is 0 Å². The van der Waals surface area contributed by atoms with Gasteiger partial charge in [0.25, 0.3) is 0 Å². The van der Waals surface area contributed by atoms with E-state index in [-0.39, 0.29) is 5.91 Å². The molecule has 2 aliphatic rings. The van der Waals surface area contributed by atoms with Crippen LogP contribution in [0.4, 0.5) is 0 Å². The number of carbonyl (C=O) groups is 1. The summed E-state index contributed by atoms with van der Waals surface area (Å²) in [7, 11) is 0. The van der Waals surface area contributed by atoms with E-state index < -0.39 is 0 Å². The van der Waals surface area contributed by atoms with Crippen molar-refractivity contribution in [2.45, 2.75) is 64.7 Å². The van der Waals surface area contributed by atoms with Crippen molar-refractivity contribution in [3.05, 3.63) is 35.7 Å². The van der Waals surface area contributed by atoms with E-state index in [1.54, 1.807) is 0 Å². The number of carbonyl (C=O) groups excluding carboxylic acids is 1. The summed E-state index contributed by atoms with van der Waals surface area (Å²) in [4.78, 5) is 19.2. The maximum atomic E-state index is 12.7. The van der Waals surface area contributed by atoms with E-state index in [0.717, 1.165) is 30.5 Å². The SMILES string of the molecule is CC(C)c1ccc(-c2noc(CCC(=O)N3CC[C@@H]4CCCC[C@H]4C3)n2)cc1. The van der Waals surface area contributed by atoms with Crippen molar-refractivity contribution in [2.24, 2.45) is 11.8 Å². The maximum absolute atomic E-state index is 12.7. The largest absolute Gasteiger partial charge is 0.342 e. The summed E-state index contributed by atoms with van der Waals surface area (Å²) >= 11 is 0. The van der Waals surface area contributed by atoms with Crippen LogP contribution in [0.2, 0.25) is 0 Å². The van der Waals surface area contributed by atoms with Crippen molar-refractivity contribution < 1.29 is 9.32 Å². The van der Waals surface area contributed by atoms with Gasteiger partial charge in [-0.05, 0) is 36.2 Å². The minimum atomic E-state index is 0.227. The van der Waals surface area contributed by atoms with Gasteiger partial charge < -0.3 is 9.42 Å². The minimum Gasteiger partial charge on any atom is -0.342 e. The van der Waals surface area contributed by atoms with Gasteiger partial charge in [0.05, 0.1) is 0 Å². The molecule has 2 aromatic rings. The van der Waals surface area contributed by atoms with Crippen molar-refractivity contribution in [1.29, 1.82) is 0 Å². The Hall–Kier alpha value is -2.17. The molecule has 1 amide bonds. The third-order valence-corrected chi connectivity index (χ3v) is 6.50. The van der Waals surface area contributed by atoms with Crippen molar-refractivity contribution in [3.8, 4) is 11.4 Å². The van der Waals surface area contributed by atoms with E-state index in [1.807, 2.05) is 12.1 Å².